The van der Waals surface area contributed by atoms with E-state index in [1.54, 1.807) is 17.9 Å². The Bertz CT molecular complexity index is 859. The number of rotatable bonds is 3. The maximum absolute atomic E-state index is 12.5. The van der Waals surface area contributed by atoms with Crippen LogP contribution < -0.4 is 5.32 Å². The zero-order valence-corrected chi connectivity index (χ0v) is 15.2. The lowest BCUT2D eigenvalue weighted by atomic mass is 10.0. The van der Waals surface area contributed by atoms with Crippen molar-refractivity contribution in [2.45, 2.75) is 0 Å². The van der Waals surface area contributed by atoms with E-state index in [9.17, 15) is 4.79 Å². The van der Waals surface area contributed by atoms with Crippen LogP contribution >= 0.6 is 34.2 Å². The highest BCUT2D eigenvalue weighted by Crippen LogP contribution is 2.29. The molecule has 0 bridgehead atoms. The number of aryl methyl sites for hydroxylation is 1. The zero-order valence-electron chi connectivity index (χ0n) is 12.3. The topological polar surface area (TPSA) is 46.9 Å². The molecule has 1 aromatic heterocycles. The van der Waals surface area contributed by atoms with Crippen LogP contribution in [0.5, 0.6) is 0 Å². The van der Waals surface area contributed by atoms with Crippen molar-refractivity contribution in [1.82, 2.24) is 9.78 Å². The first-order valence-corrected chi connectivity index (χ1v) is 8.36. The van der Waals surface area contributed by atoms with Crippen LogP contribution in [0.1, 0.15) is 10.4 Å². The molecular weight excluding hydrogens is 425 g/mol. The van der Waals surface area contributed by atoms with Crippen molar-refractivity contribution in [3.63, 3.8) is 0 Å². The standard InChI is InChI=1S/C17H13ClIN3O/c1-22-10-14(16(19)21-22)17(23)20-15-5-3-2-4-13(15)11-6-8-12(18)9-7-11/h2-10H,1H3,(H,20,23). The summed E-state index contributed by atoms with van der Waals surface area (Å²) < 4.78 is 2.30. The fourth-order valence-electron chi connectivity index (χ4n) is 2.28. The molecule has 1 amide bonds. The number of hydrogen-bond acceptors (Lipinski definition) is 2. The van der Waals surface area contributed by atoms with E-state index in [0.717, 1.165) is 16.8 Å². The highest BCUT2D eigenvalue weighted by molar-refractivity contribution is 14.1. The van der Waals surface area contributed by atoms with E-state index in [4.69, 9.17) is 11.6 Å². The molecule has 0 unspecified atom stereocenters. The fraction of sp³-hybridized carbons (Fsp3) is 0.0588. The lowest BCUT2D eigenvalue weighted by Gasteiger charge is -2.11. The largest absolute Gasteiger partial charge is 0.321 e. The summed E-state index contributed by atoms with van der Waals surface area (Å²) in [5, 5.41) is 7.84. The molecule has 0 fully saturated rings. The Balaban J connectivity index is 1.93. The van der Waals surface area contributed by atoms with E-state index in [1.165, 1.54) is 0 Å². The summed E-state index contributed by atoms with van der Waals surface area (Å²) in [6.45, 7) is 0. The van der Waals surface area contributed by atoms with Gasteiger partial charge in [0, 0.05) is 29.5 Å². The molecule has 0 saturated heterocycles. The van der Waals surface area contributed by atoms with Crippen LogP contribution in [0.2, 0.25) is 5.02 Å². The smallest absolute Gasteiger partial charge is 0.259 e. The first kappa shape index (κ1) is 16.0. The quantitative estimate of drug-likeness (QED) is 0.609. The van der Waals surface area contributed by atoms with Crippen LogP contribution in [0, 0.1) is 3.70 Å². The van der Waals surface area contributed by atoms with Gasteiger partial charge in [0.2, 0.25) is 0 Å². The number of aromatic nitrogens is 2. The van der Waals surface area contributed by atoms with E-state index >= 15 is 0 Å². The van der Waals surface area contributed by atoms with Gasteiger partial charge >= 0.3 is 0 Å². The molecule has 23 heavy (non-hydrogen) atoms. The average Bonchev–Trinajstić information content (AvgIpc) is 2.87. The Labute approximate surface area is 152 Å². The zero-order chi connectivity index (χ0) is 16.4. The van der Waals surface area contributed by atoms with Gasteiger partial charge < -0.3 is 5.32 Å². The number of para-hydroxylation sites is 1. The van der Waals surface area contributed by atoms with Gasteiger partial charge in [-0.3, -0.25) is 9.48 Å². The van der Waals surface area contributed by atoms with Crippen LogP contribution in [-0.2, 0) is 7.05 Å². The number of amides is 1. The van der Waals surface area contributed by atoms with Crippen LogP contribution in [0.3, 0.4) is 0 Å². The van der Waals surface area contributed by atoms with Gasteiger partial charge in [-0.2, -0.15) is 5.10 Å². The van der Waals surface area contributed by atoms with Crippen molar-refractivity contribution in [3.05, 3.63) is 69.0 Å². The second-order valence-electron chi connectivity index (χ2n) is 5.01. The van der Waals surface area contributed by atoms with E-state index in [1.807, 2.05) is 48.5 Å². The summed E-state index contributed by atoms with van der Waals surface area (Å²) in [7, 11) is 1.79. The monoisotopic (exact) mass is 437 g/mol. The Hall–Kier alpha value is -1.86. The molecule has 116 valence electrons. The number of nitrogens with one attached hydrogen (secondary N) is 1. The second kappa shape index (κ2) is 6.72. The van der Waals surface area contributed by atoms with E-state index < -0.39 is 0 Å². The van der Waals surface area contributed by atoms with E-state index in [2.05, 4.69) is 33.0 Å². The van der Waals surface area contributed by atoms with Crippen LogP contribution in [0.25, 0.3) is 11.1 Å². The van der Waals surface area contributed by atoms with Gasteiger partial charge in [-0.05, 0) is 46.4 Å². The minimum atomic E-state index is -0.177. The number of carbonyl (C=O) groups excluding carboxylic acids is 1. The third-order valence-electron chi connectivity index (χ3n) is 3.36. The Kier molecular flexibility index (Phi) is 4.68. The van der Waals surface area contributed by atoms with Gasteiger partial charge in [0.25, 0.3) is 5.91 Å². The molecule has 1 heterocycles. The normalized spacial score (nSPS) is 10.6. The minimum absolute atomic E-state index is 0.177. The van der Waals surface area contributed by atoms with Crippen LogP contribution in [0.15, 0.2) is 54.7 Å². The molecule has 3 aromatic rings. The van der Waals surface area contributed by atoms with Gasteiger partial charge in [0.05, 0.1) is 5.56 Å². The second-order valence-corrected chi connectivity index (χ2v) is 6.47. The van der Waals surface area contributed by atoms with Crippen molar-refractivity contribution in [2.24, 2.45) is 7.05 Å². The maximum atomic E-state index is 12.5. The predicted octanol–water partition coefficient (Wildman–Crippen LogP) is 4.60. The molecular formula is C17H13ClIN3O. The summed E-state index contributed by atoms with van der Waals surface area (Å²) in [5.41, 5.74) is 3.24. The molecule has 0 radical (unpaired) electrons. The first-order valence-electron chi connectivity index (χ1n) is 6.90. The summed E-state index contributed by atoms with van der Waals surface area (Å²) >= 11 is 8.00. The van der Waals surface area contributed by atoms with Gasteiger partial charge in [0.15, 0.2) is 0 Å². The fourth-order valence-corrected chi connectivity index (χ4v) is 3.13. The van der Waals surface area contributed by atoms with Crippen molar-refractivity contribution in [3.8, 4) is 11.1 Å². The third kappa shape index (κ3) is 3.56. The van der Waals surface area contributed by atoms with E-state index in [-0.39, 0.29) is 5.91 Å². The molecule has 2 aromatic carbocycles. The molecule has 4 nitrogen and oxygen atoms in total. The highest BCUT2D eigenvalue weighted by Gasteiger charge is 2.15. The molecule has 0 atom stereocenters. The SMILES string of the molecule is Cn1cc(C(=O)Nc2ccccc2-c2ccc(Cl)cc2)c(I)n1. The molecule has 3 rings (SSSR count). The number of hydrogen-bond donors (Lipinski definition) is 1. The van der Waals surface area contributed by atoms with Crippen LogP contribution in [-0.4, -0.2) is 15.7 Å². The van der Waals surface area contributed by atoms with Gasteiger partial charge in [-0.25, -0.2) is 0 Å². The highest BCUT2D eigenvalue weighted by atomic mass is 127. The molecule has 0 aliphatic heterocycles. The van der Waals surface area contributed by atoms with Gasteiger partial charge in [-0.1, -0.05) is 41.9 Å². The van der Waals surface area contributed by atoms with E-state index in [0.29, 0.717) is 14.3 Å². The number of carbonyl (C=O) groups is 1. The van der Waals surface area contributed by atoms with Crippen LogP contribution in [0.4, 0.5) is 5.69 Å². The molecule has 0 aliphatic rings. The Morgan fingerprint density at radius 1 is 1.17 bits per heavy atom. The Morgan fingerprint density at radius 2 is 1.87 bits per heavy atom. The third-order valence-corrected chi connectivity index (χ3v) is 4.41. The van der Waals surface area contributed by atoms with Crippen molar-refractivity contribution < 1.29 is 4.79 Å². The molecule has 1 N–H and O–H groups in total. The Morgan fingerprint density at radius 3 is 2.52 bits per heavy atom. The average molecular weight is 438 g/mol. The summed E-state index contributed by atoms with van der Waals surface area (Å²) in [6.07, 6.45) is 1.71. The molecule has 0 aliphatic carbocycles. The maximum Gasteiger partial charge on any atom is 0.259 e. The predicted molar refractivity (Wildman–Crippen MR) is 101 cm³/mol. The molecule has 6 heteroatoms. The van der Waals surface area contributed by atoms with Gasteiger partial charge in [0.1, 0.15) is 3.70 Å². The summed E-state index contributed by atoms with van der Waals surface area (Å²) in [5.74, 6) is -0.177. The lowest BCUT2D eigenvalue weighted by Crippen LogP contribution is -2.13. The lowest BCUT2D eigenvalue weighted by molar-refractivity contribution is 0.102. The van der Waals surface area contributed by atoms with Crippen molar-refractivity contribution >= 4 is 45.8 Å². The minimum Gasteiger partial charge on any atom is -0.321 e. The van der Waals surface area contributed by atoms with Crippen molar-refractivity contribution in [1.29, 1.82) is 0 Å². The summed E-state index contributed by atoms with van der Waals surface area (Å²) in [4.78, 5) is 12.5. The number of anilines is 1. The number of nitrogens with zero attached hydrogens (tertiary/aromatic N) is 2. The number of halogens is 2. The van der Waals surface area contributed by atoms with Crippen molar-refractivity contribution in [2.75, 3.05) is 5.32 Å². The summed E-state index contributed by atoms with van der Waals surface area (Å²) in [6, 6.07) is 15.2. The first-order chi connectivity index (χ1) is 11.0. The molecule has 0 spiro atoms. The molecule has 0 saturated carbocycles. The van der Waals surface area contributed by atoms with Gasteiger partial charge in [-0.15, -0.1) is 0 Å². The number of benzene rings is 2.